The molecular weight excluding hydrogens is 466 g/mol. The summed E-state index contributed by atoms with van der Waals surface area (Å²) in [5.41, 5.74) is 4.79. The molecule has 0 spiro atoms. The van der Waals surface area contributed by atoms with E-state index in [1.54, 1.807) is 43.0 Å². The minimum atomic E-state index is -0.449. The highest BCUT2D eigenvalue weighted by Gasteiger charge is 2.08. The van der Waals surface area contributed by atoms with Crippen molar-refractivity contribution in [3.8, 4) is 23.0 Å². The molecule has 8 nitrogen and oxygen atoms in total. The van der Waals surface area contributed by atoms with Gasteiger partial charge in [-0.05, 0) is 65.6 Å². The van der Waals surface area contributed by atoms with Crippen molar-refractivity contribution in [2.24, 2.45) is 0 Å². The molecule has 0 unspecified atom stereocenters. The Morgan fingerprint density at radius 2 is 1.70 bits per heavy atom. The Hall–Kier alpha value is -5.03. The number of nitro groups is 1. The van der Waals surface area contributed by atoms with Gasteiger partial charge in [0.05, 0.1) is 4.92 Å². The second-order valence-corrected chi connectivity index (χ2v) is 7.54. The number of amides is 2. The van der Waals surface area contributed by atoms with Gasteiger partial charge in [-0.25, -0.2) is 4.79 Å². The first-order valence-corrected chi connectivity index (χ1v) is 11.8. The Balaban J connectivity index is 0.00000186. The number of nitrogens with one attached hydrogen (secondary N) is 2. The van der Waals surface area contributed by atoms with E-state index in [4.69, 9.17) is 0 Å². The van der Waals surface area contributed by atoms with Crippen LogP contribution in [0.2, 0.25) is 0 Å². The summed E-state index contributed by atoms with van der Waals surface area (Å²) in [6.07, 6.45) is 7.55. The molecule has 2 aromatic carbocycles. The van der Waals surface area contributed by atoms with Crippen LogP contribution in [0.4, 0.5) is 16.2 Å². The number of hydrogen-bond acceptors (Lipinski definition) is 5. The van der Waals surface area contributed by atoms with Crippen LogP contribution in [-0.2, 0) is 6.42 Å². The highest BCUT2D eigenvalue weighted by Crippen LogP contribution is 2.26. The summed E-state index contributed by atoms with van der Waals surface area (Å²) in [5, 5.41) is 16.6. The molecule has 0 radical (unpaired) electrons. The molecule has 0 aliphatic heterocycles. The molecule has 2 amide bonds. The van der Waals surface area contributed by atoms with Crippen molar-refractivity contribution in [3.05, 3.63) is 118 Å². The maximum Gasteiger partial charge on any atom is 0.319 e. The first-order chi connectivity index (χ1) is 18.1. The molecule has 8 heteroatoms. The molecule has 0 bridgehead atoms. The quantitative estimate of drug-likeness (QED) is 0.199. The lowest BCUT2D eigenvalue weighted by Gasteiger charge is -2.11. The molecule has 4 aromatic rings. The standard InChI is InChI=1S/C27H21N5O3.C2H6/c33-27(30-17-11-21-2-1-14-29-19-21)31-24-7-10-26(22-12-15-28-16-13-22)23(18-24)6-3-20-4-8-25(9-5-20)32(34)35;1-2/h1-2,4-5,7-10,12-16,18-19H,11,17H2,(H2,30,31,33);1-2H3. The number of anilines is 1. The van der Waals surface area contributed by atoms with E-state index in [0.717, 1.165) is 16.7 Å². The normalized spacial score (nSPS) is 9.68. The van der Waals surface area contributed by atoms with Crippen molar-refractivity contribution in [2.45, 2.75) is 20.3 Å². The Morgan fingerprint density at radius 3 is 2.38 bits per heavy atom. The molecule has 4 rings (SSSR count). The predicted molar refractivity (Wildman–Crippen MR) is 145 cm³/mol. The van der Waals surface area contributed by atoms with Gasteiger partial charge in [0.15, 0.2) is 0 Å². The predicted octanol–water partition coefficient (Wildman–Crippen LogP) is 5.84. The number of carbonyl (C=O) groups is 1. The number of urea groups is 1. The zero-order chi connectivity index (χ0) is 26.5. The number of benzene rings is 2. The second-order valence-electron chi connectivity index (χ2n) is 7.54. The van der Waals surface area contributed by atoms with Crippen LogP contribution in [0, 0.1) is 22.0 Å². The minimum absolute atomic E-state index is 0.00811. The van der Waals surface area contributed by atoms with E-state index in [0.29, 0.717) is 29.8 Å². The summed E-state index contributed by atoms with van der Waals surface area (Å²) in [4.78, 5) is 31.0. The summed E-state index contributed by atoms with van der Waals surface area (Å²) >= 11 is 0. The fourth-order valence-electron chi connectivity index (χ4n) is 3.36. The fraction of sp³-hybridized carbons (Fsp3) is 0.138. The van der Waals surface area contributed by atoms with Gasteiger partial charge < -0.3 is 10.6 Å². The molecule has 0 aliphatic carbocycles. The molecular formula is C29H27N5O3. The lowest BCUT2D eigenvalue weighted by Crippen LogP contribution is -2.30. The number of rotatable bonds is 6. The number of nitrogens with zero attached hydrogens (tertiary/aromatic N) is 3. The number of carbonyl (C=O) groups excluding carboxylic acids is 1. The van der Waals surface area contributed by atoms with Gasteiger partial charge in [-0.3, -0.25) is 20.1 Å². The zero-order valence-corrected chi connectivity index (χ0v) is 20.6. The highest BCUT2D eigenvalue weighted by molar-refractivity contribution is 5.90. The third-order valence-corrected chi connectivity index (χ3v) is 5.11. The van der Waals surface area contributed by atoms with Crippen LogP contribution >= 0.6 is 0 Å². The summed E-state index contributed by atoms with van der Waals surface area (Å²) in [7, 11) is 0. The Morgan fingerprint density at radius 1 is 0.946 bits per heavy atom. The van der Waals surface area contributed by atoms with Gasteiger partial charge >= 0.3 is 6.03 Å². The average Bonchev–Trinajstić information content (AvgIpc) is 2.94. The maximum atomic E-state index is 12.4. The number of pyridine rings is 2. The molecule has 186 valence electrons. The van der Waals surface area contributed by atoms with Gasteiger partial charge in [0.2, 0.25) is 0 Å². The Labute approximate surface area is 216 Å². The number of hydrogen-bond donors (Lipinski definition) is 2. The lowest BCUT2D eigenvalue weighted by molar-refractivity contribution is -0.384. The van der Waals surface area contributed by atoms with Crippen LogP contribution in [0.15, 0.2) is 91.5 Å². The lowest BCUT2D eigenvalue weighted by atomic mass is 10.00. The largest absolute Gasteiger partial charge is 0.338 e. The first kappa shape index (κ1) is 26.6. The van der Waals surface area contributed by atoms with Gasteiger partial charge in [0.25, 0.3) is 5.69 Å². The molecule has 0 atom stereocenters. The van der Waals surface area contributed by atoms with Crippen LogP contribution in [0.5, 0.6) is 0 Å². The van der Waals surface area contributed by atoms with Crippen LogP contribution < -0.4 is 10.6 Å². The van der Waals surface area contributed by atoms with Crippen molar-refractivity contribution in [1.29, 1.82) is 0 Å². The topological polar surface area (TPSA) is 110 Å². The van der Waals surface area contributed by atoms with E-state index in [-0.39, 0.29) is 11.7 Å². The van der Waals surface area contributed by atoms with Crippen LogP contribution in [0.3, 0.4) is 0 Å². The third kappa shape index (κ3) is 8.01. The summed E-state index contributed by atoms with van der Waals surface area (Å²) < 4.78 is 0. The van der Waals surface area contributed by atoms with Crippen molar-refractivity contribution in [2.75, 3.05) is 11.9 Å². The SMILES string of the molecule is CC.O=C(NCCc1cccnc1)Nc1ccc(-c2ccncc2)c(C#Cc2ccc([N+](=O)[O-])cc2)c1. The van der Waals surface area contributed by atoms with E-state index in [9.17, 15) is 14.9 Å². The second kappa shape index (κ2) is 13.8. The van der Waals surface area contributed by atoms with Crippen molar-refractivity contribution in [1.82, 2.24) is 15.3 Å². The third-order valence-electron chi connectivity index (χ3n) is 5.11. The summed E-state index contributed by atoms with van der Waals surface area (Å²) in [6.45, 7) is 4.47. The molecule has 0 aliphatic rings. The molecule has 0 saturated heterocycles. The molecule has 2 heterocycles. The number of non-ortho nitro benzene ring substituents is 1. The average molecular weight is 494 g/mol. The Kier molecular flexibility index (Phi) is 9.88. The molecule has 37 heavy (non-hydrogen) atoms. The molecule has 2 aromatic heterocycles. The first-order valence-electron chi connectivity index (χ1n) is 11.8. The molecule has 0 fully saturated rings. The van der Waals surface area contributed by atoms with Gasteiger partial charge in [-0.1, -0.05) is 37.8 Å². The summed E-state index contributed by atoms with van der Waals surface area (Å²) in [5.74, 6) is 6.18. The monoisotopic (exact) mass is 493 g/mol. The van der Waals surface area contributed by atoms with Crippen LogP contribution in [-0.4, -0.2) is 27.5 Å². The van der Waals surface area contributed by atoms with E-state index in [1.165, 1.54) is 12.1 Å². The maximum absolute atomic E-state index is 12.4. The van der Waals surface area contributed by atoms with Crippen molar-refractivity contribution < 1.29 is 9.72 Å². The molecule has 2 N–H and O–H groups in total. The number of nitro benzene ring substituents is 1. The van der Waals surface area contributed by atoms with E-state index >= 15 is 0 Å². The van der Waals surface area contributed by atoms with Gasteiger partial charge in [0.1, 0.15) is 0 Å². The minimum Gasteiger partial charge on any atom is -0.338 e. The van der Waals surface area contributed by atoms with Crippen LogP contribution in [0.25, 0.3) is 11.1 Å². The van der Waals surface area contributed by atoms with Gasteiger partial charge in [0, 0.05) is 60.3 Å². The summed E-state index contributed by atoms with van der Waals surface area (Å²) in [6, 6.07) is 18.8. The fourth-order valence-corrected chi connectivity index (χ4v) is 3.36. The van der Waals surface area contributed by atoms with Gasteiger partial charge in [-0.2, -0.15) is 0 Å². The smallest absolute Gasteiger partial charge is 0.319 e. The van der Waals surface area contributed by atoms with Crippen molar-refractivity contribution >= 4 is 17.4 Å². The van der Waals surface area contributed by atoms with E-state index in [1.807, 2.05) is 50.2 Å². The highest BCUT2D eigenvalue weighted by atomic mass is 16.6. The van der Waals surface area contributed by atoms with Crippen LogP contribution in [0.1, 0.15) is 30.5 Å². The number of aromatic nitrogens is 2. The zero-order valence-electron chi connectivity index (χ0n) is 20.6. The molecule has 0 saturated carbocycles. The van der Waals surface area contributed by atoms with Crippen molar-refractivity contribution in [3.63, 3.8) is 0 Å². The van der Waals surface area contributed by atoms with E-state index in [2.05, 4.69) is 32.4 Å². The van der Waals surface area contributed by atoms with E-state index < -0.39 is 4.92 Å². The van der Waals surface area contributed by atoms with Gasteiger partial charge in [-0.15, -0.1) is 0 Å². The Bertz CT molecular complexity index is 1380.